The highest BCUT2D eigenvalue weighted by Gasteiger charge is 2.08. The fourth-order valence-electron chi connectivity index (χ4n) is 1.68. The van der Waals surface area contributed by atoms with Crippen LogP contribution in [0.1, 0.15) is 5.56 Å². The van der Waals surface area contributed by atoms with E-state index in [1.165, 1.54) is 30.0 Å². The van der Waals surface area contributed by atoms with Crippen molar-refractivity contribution in [2.75, 3.05) is 16.8 Å². The number of thioether (sulfide) groups is 1. The Morgan fingerprint density at radius 1 is 1.30 bits per heavy atom. The number of anilines is 2. The van der Waals surface area contributed by atoms with Crippen molar-refractivity contribution in [3.8, 4) is 0 Å². The Morgan fingerprint density at radius 2 is 2.05 bits per heavy atom. The summed E-state index contributed by atoms with van der Waals surface area (Å²) in [4.78, 5) is 12.9. The molecular formula is C15H15FN2OS. The summed E-state index contributed by atoms with van der Waals surface area (Å²) in [5.41, 5.74) is 7.46. The molecule has 2 aromatic carbocycles. The number of hydrogen-bond acceptors (Lipinski definition) is 3. The highest BCUT2D eigenvalue weighted by molar-refractivity contribution is 8.00. The van der Waals surface area contributed by atoms with Crippen LogP contribution in [-0.2, 0) is 4.79 Å². The van der Waals surface area contributed by atoms with Gasteiger partial charge in [0.2, 0.25) is 5.91 Å². The van der Waals surface area contributed by atoms with E-state index in [2.05, 4.69) is 5.32 Å². The molecule has 5 heteroatoms. The zero-order valence-corrected chi connectivity index (χ0v) is 11.8. The molecule has 0 spiro atoms. The molecule has 0 aromatic heterocycles. The monoisotopic (exact) mass is 290 g/mol. The predicted molar refractivity (Wildman–Crippen MR) is 81.3 cm³/mol. The second-order valence-electron chi connectivity index (χ2n) is 4.33. The Labute approximate surface area is 121 Å². The van der Waals surface area contributed by atoms with E-state index in [0.29, 0.717) is 11.4 Å². The molecule has 0 saturated carbocycles. The molecule has 0 aliphatic heterocycles. The maximum atomic E-state index is 13.1. The van der Waals surface area contributed by atoms with Crippen molar-refractivity contribution in [1.29, 1.82) is 0 Å². The number of hydrogen-bond donors (Lipinski definition) is 2. The number of rotatable bonds is 4. The molecule has 0 aliphatic carbocycles. The van der Waals surface area contributed by atoms with E-state index in [4.69, 9.17) is 5.73 Å². The van der Waals surface area contributed by atoms with Crippen LogP contribution in [0, 0.1) is 12.7 Å². The van der Waals surface area contributed by atoms with Gasteiger partial charge in [-0.1, -0.05) is 18.2 Å². The molecule has 3 nitrogen and oxygen atoms in total. The average molecular weight is 290 g/mol. The second kappa shape index (κ2) is 6.43. The molecule has 0 saturated heterocycles. The molecule has 0 fully saturated rings. The Balaban J connectivity index is 1.96. The summed E-state index contributed by atoms with van der Waals surface area (Å²) >= 11 is 1.44. The molecule has 0 radical (unpaired) electrons. The van der Waals surface area contributed by atoms with Crippen molar-refractivity contribution in [2.24, 2.45) is 0 Å². The van der Waals surface area contributed by atoms with Gasteiger partial charge in [0.1, 0.15) is 5.82 Å². The van der Waals surface area contributed by atoms with Gasteiger partial charge >= 0.3 is 0 Å². The van der Waals surface area contributed by atoms with Gasteiger partial charge < -0.3 is 11.1 Å². The van der Waals surface area contributed by atoms with Crippen LogP contribution >= 0.6 is 11.8 Å². The van der Waals surface area contributed by atoms with Crippen LogP contribution in [0.4, 0.5) is 15.8 Å². The molecule has 104 valence electrons. The number of nitrogen functional groups attached to an aromatic ring is 1. The number of carbonyl (C=O) groups excluding carboxylic acids is 1. The van der Waals surface area contributed by atoms with E-state index in [-0.39, 0.29) is 11.7 Å². The predicted octanol–water partition coefficient (Wildman–Crippen LogP) is 3.45. The SMILES string of the molecule is Cc1ccccc1SCC(=O)Nc1cc(F)ccc1N. The van der Waals surface area contributed by atoms with Crippen molar-refractivity contribution in [3.63, 3.8) is 0 Å². The van der Waals surface area contributed by atoms with Gasteiger partial charge in [0.05, 0.1) is 17.1 Å². The topological polar surface area (TPSA) is 55.1 Å². The lowest BCUT2D eigenvalue weighted by atomic mass is 10.2. The molecule has 0 aliphatic rings. The van der Waals surface area contributed by atoms with Crippen LogP contribution in [0.15, 0.2) is 47.4 Å². The molecule has 0 heterocycles. The average Bonchev–Trinajstić information content (AvgIpc) is 2.42. The summed E-state index contributed by atoms with van der Waals surface area (Å²) in [7, 11) is 0. The quantitative estimate of drug-likeness (QED) is 0.670. The summed E-state index contributed by atoms with van der Waals surface area (Å²) in [6.07, 6.45) is 0. The van der Waals surface area contributed by atoms with Crippen LogP contribution in [0.25, 0.3) is 0 Å². The largest absolute Gasteiger partial charge is 0.397 e. The minimum Gasteiger partial charge on any atom is -0.397 e. The normalized spacial score (nSPS) is 10.3. The third kappa shape index (κ3) is 3.74. The van der Waals surface area contributed by atoms with Crippen LogP contribution < -0.4 is 11.1 Å². The molecule has 2 aromatic rings. The standard InChI is InChI=1S/C15H15FN2OS/c1-10-4-2-3-5-14(10)20-9-15(19)18-13-8-11(16)6-7-12(13)17/h2-8H,9,17H2,1H3,(H,18,19). The van der Waals surface area contributed by atoms with Crippen molar-refractivity contribution >= 4 is 29.0 Å². The van der Waals surface area contributed by atoms with E-state index >= 15 is 0 Å². The summed E-state index contributed by atoms with van der Waals surface area (Å²) in [5.74, 6) is -0.391. The molecule has 0 unspecified atom stereocenters. The highest BCUT2D eigenvalue weighted by Crippen LogP contribution is 2.23. The number of halogens is 1. The summed E-state index contributed by atoms with van der Waals surface area (Å²) < 4.78 is 13.1. The van der Waals surface area contributed by atoms with Crippen LogP contribution in [0.5, 0.6) is 0 Å². The first-order valence-corrected chi connectivity index (χ1v) is 7.08. The summed E-state index contributed by atoms with van der Waals surface area (Å²) in [5, 5.41) is 2.62. The smallest absolute Gasteiger partial charge is 0.234 e. The molecule has 1 amide bonds. The third-order valence-corrected chi connectivity index (χ3v) is 3.92. The lowest BCUT2D eigenvalue weighted by Crippen LogP contribution is -2.15. The van der Waals surface area contributed by atoms with Crippen molar-refractivity contribution in [3.05, 3.63) is 53.8 Å². The molecule has 0 bridgehead atoms. The Bertz CT molecular complexity index is 631. The first-order chi connectivity index (χ1) is 9.56. The third-order valence-electron chi connectivity index (χ3n) is 2.74. The number of carbonyl (C=O) groups is 1. The maximum absolute atomic E-state index is 13.1. The number of amides is 1. The second-order valence-corrected chi connectivity index (χ2v) is 5.35. The van der Waals surface area contributed by atoms with Crippen LogP contribution in [0.2, 0.25) is 0 Å². The highest BCUT2D eigenvalue weighted by atomic mass is 32.2. The molecule has 20 heavy (non-hydrogen) atoms. The number of aryl methyl sites for hydroxylation is 1. The van der Waals surface area contributed by atoms with E-state index in [1.807, 2.05) is 31.2 Å². The van der Waals surface area contributed by atoms with Gasteiger partial charge in [-0.15, -0.1) is 11.8 Å². The Hall–Kier alpha value is -2.01. The zero-order valence-electron chi connectivity index (χ0n) is 11.0. The fraction of sp³-hybridized carbons (Fsp3) is 0.133. The molecule has 0 atom stereocenters. The van der Waals surface area contributed by atoms with E-state index in [9.17, 15) is 9.18 Å². The summed E-state index contributed by atoms with van der Waals surface area (Å²) in [6.45, 7) is 1.99. The fourth-order valence-corrected chi connectivity index (χ4v) is 2.51. The van der Waals surface area contributed by atoms with E-state index < -0.39 is 5.82 Å². The lowest BCUT2D eigenvalue weighted by Gasteiger charge is -2.09. The van der Waals surface area contributed by atoms with Gasteiger partial charge in [-0.2, -0.15) is 0 Å². The van der Waals surface area contributed by atoms with Crippen molar-refractivity contribution in [1.82, 2.24) is 0 Å². The Morgan fingerprint density at radius 3 is 2.80 bits per heavy atom. The first kappa shape index (κ1) is 14.4. The number of benzene rings is 2. The van der Waals surface area contributed by atoms with Gasteiger partial charge in [0.15, 0.2) is 0 Å². The van der Waals surface area contributed by atoms with Crippen molar-refractivity contribution in [2.45, 2.75) is 11.8 Å². The Kier molecular flexibility index (Phi) is 4.63. The zero-order chi connectivity index (χ0) is 14.5. The van der Waals surface area contributed by atoms with Gasteiger partial charge in [-0.3, -0.25) is 4.79 Å². The van der Waals surface area contributed by atoms with Gasteiger partial charge in [0, 0.05) is 4.90 Å². The lowest BCUT2D eigenvalue weighted by molar-refractivity contribution is -0.113. The van der Waals surface area contributed by atoms with Gasteiger partial charge in [-0.25, -0.2) is 4.39 Å². The molecule has 2 rings (SSSR count). The van der Waals surface area contributed by atoms with Gasteiger partial charge in [0.25, 0.3) is 0 Å². The van der Waals surface area contributed by atoms with E-state index in [1.54, 1.807) is 0 Å². The maximum Gasteiger partial charge on any atom is 0.234 e. The van der Waals surface area contributed by atoms with Gasteiger partial charge in [-0.05, 0) is 36.8 Å². The summed E-state index contributed by atoms with van der Waals surface area (Å²) in [6, 6.07) is 11.7. The molecular weight excluding hydrogens is 275 g/mol. The number of nitrogens with two attached hydrogens (primary N) is 1. The molecule has 3 N–H and O–H groups in total. The minimum absolute atomic E-state index is 0.212. The van der Waals surface area contributed by atoms with Crippen molar-refractivity contribution < 1.29 is 9.18 Å². The van der Waals surface area contributed by atoms with Crippen LogP contribution in [0.3, 0.4) is 0 Å². The first-order valence-electron chi connectivity index (χ1n) is 6.09. The number of nitrogens with one attached hydrogen (secondary N) is 1. The van der Waals surface area contributed by atoms with E-state index in [0.717, 1.165) is 10.5 Å². The van der Waals surface area contributed by atoms with Crippen LogP contribution in [-0.4, -0.2) is 11.7 Å². The minimum atomic E-state index is -0.430.